The van der Waals surface area contributed by atoms with Gasteiger partial charge in [0, 0.05) is 31.0 Å². The van der Waals surface area contributed by atoms with Gasteiger partial charge >= 0.3 is 0 Å². The second kappa shape index (κ2) is 5.87. The Morgan fingerprint density at radius 1 is 1.41 bits per heavy atom. The highest BCUT2D eigenvalue weighted by Crippen LogP contribution is 2.28. The third kappa shape index (κ3) is 2.73. The average molecular weight is 306 g/mol. The summed E-state index contributed by atoms with van der Waals surface area (Å²) in [6.45, 7) is 0.754. The molecule has 0 bridgehead atoms. The van der Waals surface area contributed by atoms with E-state index in [4.69, 9.17) is 4.74 Å². The van der Waals surface area contributed by atoms with Crippen LogP contribution >= 0.6 is 0 Å². The number of aromatic nitrogens is 1. The molecule has 2 aromatic rings. The molecular weight excluding hydrogens is 290 g/mol. The lowest BCUT2D eigenvalue weighted by Crippen LogP contribution is -2.50. The van der Waals surface area contributed by atoms with E-state index in [2.05, 4.69) is 4.98 Å². The van der Waals surface area contributed by atoms with Crippen LogP contribution in [-0.2, 0) is 0 Å². The fourth-order valence-corrected chi connectivity index (χ4v) is 2.74. The number of amides is 1. The van der Waals surface area contributed by atoms with Gasteiger partial charge in [-0.1, -0.05) is 18.2 Å². The number of hydrogen-bond acceptors (Lipinski definition) is 3. The van der Waals surface area contributed by atoms with Crippen molar-refractivity contribution in [3.05, 3.63) is 35.9 Å². The number of nitrogens with zero attached hydrogens (tertiary/aromatic N) is 2. The molecule has 22 heavy (non-hydrogen) atoms. The van der Waals surface area contributed by atoms with Crippen molar-refractivity contribution >= 4 is 16.8 Å². The molecule has 1 saturated heterocycles. The molecule has 1 aliphatic heterocycles. The maximum atomic E-state index is 12.6. The number of carbonyl (C=O) groups is 1. The second-order valence-corrected chi connectivity index (χ2v) is 5.43. The van der Waals surface area contributed by atoms with Gasteiger partial charge in [0.15, 0.2) is 0 Å². The van der Waals surface area contributed by atoms with E-state index in [0.29, 0.717) is 30.0 Å². The smallest absolute Gasteiger partial charge is 0.254 e. The lowest BCUT2D eigenvalue weighted by Gasteiger charge is -2.39. The molecule has 116 valence electrons. The Morgan fingerprint density at radius 2 is 2.14 bits per heavy atom. The molecule has 3 rings (SSSR count). The van der Waals surface area contributed by atoms with E-state index in [0.717, 1.165) is 5.39 Å². The minimum Gasteiger partial charge on any atom is -0.481 e. The fourth-order valence-electron chi connectivity index (χ4n) is 2.74. The van der Waals surface area contributed by atoms with Crippen LogP contribution < -0.4 is 4.74 Å². The highest BCUT2D eigenvalue weighted by Gasteiger charge is 2.33. The number of hydrogen-bond donors (Lipinski definition) is 0. The molecule has 1 amide bonds. The Balaban J connectivity index is 1.85. The molecule has 0 radical (unpaired) electrons. The van der Waals surface area contributed by atoms with Crippen molar-refractivity contribution < 1.29 is 18.3 Å². The number of carbonyl (C=O) groups excluding carboxylic acids is 1. The summed E-state index contributed by atoms with van der Waals surface area (Å²) in [7, 11) is 1.49. The van der Waals surface area contributed by atoms with E-state index in [1.165, 1.54) is 7.11 Å². The summed E-state index contributed by atoms with van der Waals surface area (Å²) in [4.78, 5) is 18.5. The van der Waals surface area contributed by atoms with Gasteiger partial charge < -0.3 is 9.64 Å². The number of halogens is 2. The third-order valence-corrected chi connectivity index (χ3v) is 3.89. The molecule has 0 atom stereocenters. The minimum absolute atomic E-state index is 0.112. The topological polar surface area (TPSA) is 42.4 Å². The van der Waals surface area contributed by atoms with Crippen molar-refractivity contribution in [3.8, 4) is 5.88 Å². The van der Waals surface area contributed by atoms with E-state index >= 15 is 0 Å². The van der Waals surface area contributed by atoms with Crippen molar-refractivity contribution in [3.63, 3.8) is 0 Å². The molecule has 0 aliphatic carbocycles. The molecule has 0 saturated carbocycles. The summed E-state index contributed by atoms with van der Waals surface area (Å²) < 4.78 is 29.8. The molecule has 0 N–H and O–H groups in total. The van der Waals surface area contributed by atoms with Gasteiger partial charge in [0.25, 0.3) is 5.91 Å². The summed E-state index contributed by atoms with van der Waals surface area (Å²) in [6.07, 6.45) is -2.46. The Kier molecular flexibility index (Phi) is 3.92. The van der Waals surface area contributed by atoms with E-state index in [-0.39, 0.29) is 18.2 Å². The largest absolute Gasteiger partial charge is 0.481 e. The summed E-state index contributed by atoms with van der Waals surface area (Å²) in [5.41, 5.74) is 1.17. The quantitative estimate of drug-likeness (QED) is 0.872. The molecule has 1 aromatic carbocycles. The molecule has 1 aliphatic rings. The minimum atomic E-state index is -2.32. The predicted octanol–water partition coefficient (Wildman–Crippen LogP) is 2.97. The third-order valence-electron chi connectivity index (χ3n) is 3.89. The number of likely N-dealkylation sites (tertiary alicyclic amines) is 1. The Bertz CT molecular complexity index is 700. The van der Waals surface area contributed by atoms with Crippen LogP contribution in [0.15, 0.2) is 30.3 Å². The first-order chi connectivity index (χ1) is 10.6. The van der Waals surface area contributed by atoms with Crippen molar-refractivity contribution in [1.82, 2.24) is 9.88 Å². The van der Waals surface area contributed by atoms with Gasteiger partial charge in [-0.05, 0) is 12.0 Å². The van der Waals surface area contributed by atoms with Crippen LogP contribution in [0.5, 0.6) is 5.88 Å². The number of rotatable bonds is 4. The Morgan fingerprint density at radius 3 is 2.82 bits per heavy atom. The van der Waals surface area contributed by atoms with Crippen LogP contribution in [0.2, 0.25) is 0 Å². The van der Waals surface area contributed by atoms with Gasteiger partial charge in [0.1, 0.15) is 0 Å². The molecular formula is C16H16F2N2O2. The fraction of sp³-hybridized carbons (Fsp3) is 0.375. The zero-order valence-electron chi connectivity index (χ0n) is 12.1. The highest BCUT2D eigenvalue weighted by molar-refractivity contribution is 6.06. The van der Waals surface area contributed by atoms with Gasteiger partial charge in [-0.3, -0.25) is 4.79 Å². The number of para-hydroxylation sites is 1. The lowest BCUT2D eigenvalue weighted by atomic mass is 9.95. The monoisotopic (exact) mass is 306 g/mol. The Hall–Kier alpha value is -2.24. The predicted molar refractivity (Wildman–Crippen MR) is 78.3 cm³/mol. The standard InChI is InChI=1S/C16H16F2N2O2/c1-22-15-7-12(11-4-2-3-5-13(11)19-15)16(21)20-8-10(9-20)6-14(17)18/h2-5,7,10,14H,6,8-9H2,1H3. The zero-order valence-corrected chi connectivity index (χ0v) is 12.1. The van der Waals surface area contributed by atoms with E-state index in [1.807, 2.05) is 24.3 Å². The molecule has 1 aromatic heterocycles. The summed E-state index contributed by atoms with van der Waals surface area (Å²) >= 11 is 0. The van der Waals surface area contributed by atoms with Crippen molar-refractivity contribution in [2.75, 3.05) is 20.2 Å². The normalized spacial score (nSPS) is 15.2. The SMILES string of the molecule is COc1cc(C(=O)N2CC(CC(F)F)C2)c2ccccc2n1. The van der Waals surface area contributed by atoms with Gasteiger partial charge in [-0.15, -0.1) is 0 Å². The summed E-state index contributed by atoms with van der Waals surface area (Å²) in [6, 6.07) is 8.91. The van der Waals surface area contributed by atoms with Crippen LogP contribution in [0.4, 0.5) is 8.78 Å². The van der Waals surface area contributed by atoms with Crippen LogP contribution in [0, 0.1) is 5.92 Å². The number of alkyl halides is 2. The maximum Gasteiger partial charge on any atom is 0.254 e. The molecule has 1 fully saturated rings. The first-order valence-corrected chi connectivity index (χ1v) is 7.09. The van der Waals surface area contributed by atoms with Crippen molar-refractivity contribution in [1.29, 1.82) is 0 Å². The van der Waals surface area contributed by atoms with Gasteiger partial charge in [-0.2, -0.15) is 0 Å². The Labute approximate surface area is 126 Å². The number of ether oxygens (including phenoxy) is 1. The first-order valence-electron chi connectivity index (χ1n) is 7.09. The average Bonchev–Trinajstić information content (AvgIpc) is 2.48. The van der Waals surface area contributed by atoms with Gasteiger partial charge in [0.05, 0.1) is 18.2 Å². The molecule has 0 spiro atoms. The summed E-state index contributed by atoms with van der Waals surface area (Å²) in [5, 5.41) is 0.741. The number of methoxy groups -OCH3 is 1. The first kappa shape index (κ1) is 14.7. The number of pyridine rings is 1. The second-order valence-electron chi connectivity index (χ2n) is 5.43. The van der Waals surface area contributed by atoms with Crippen LogP contribution in [0.3, 0.4) is 0 Å². The lowest BCUT2D eigenvalue weighted by molar-refractivity contribution is 0.0281. The number of fused-ring (bicyclic) bond motifs is 1. The van der Waals surface area contributed by atoms with Crippen molar-refractivity contribution in [2.24, 2.45) is 5.92 Å². The van der Waals surface area contributed by atoms with Crippen molar-refractivity contribution in [2.45, 2.75) is 12.8 Å². The summed E-state index contributed by atoms with van der Waals surface area (Å²) in [5.74, 6) is 0.0908. The van der Waals surface area contributed by atoms with Crippen LogP contribution in [-0.4, -0.2) is 42.4 Å². The van der Waals surface area contributed by atoms with Gasteiger partial charge in [-0.25, -0.2) is 13.8 Å². The maximum absolute atomic E-state index is 12.6. The van der Waals surface area contributed by atoms with E-state index in [9.17, 15) is 13.6 Å². The zero-order chi connectivity index (χ0) is 15.7. The number of benzene rings is 1. The molecule has 2 heterocycles. The van der Waals surface area contributed by atoms with Crippen LogP contribution in [0.25, 0.3) is 10.9 Å². The van der Waals surface area contributed by atoms with E-state index < -0.39 is 6.43 Å². The molecule has 0 unspecified atom stereocenters. The van der Waals surface area contributed by atoms with Gasteiger partial charge in [0.2, 0.25) is 12.3 Å². The highest BCUT2D eigenvalue weighted by atomic mass is 19.3. The molecule has 4 nitrogen and oxygen atoms in total. The van der Waals surface area contributed by atoms with Crippen LogP contribution in [0.1, 0.15) is 16.8 Å². The molecule has 6 heteroatoms. The van der Waals surface area contributed by atoms with E-state index in [1.54, 1.807) is 11.0 Å².